The highest BCUT2D eigenvalue weighted by Gasteiger charge is 2.61. The molecule has 2 fully saturated rings. The largest absolute Gasteiger partial charge is 0.444 e. The van der Waals surface area contributed by atoms with Crippen LogP contribution in [0.15, 0.2) is 36.4 Å². The summed E-state index contributed by atoms with van der Waals surface area (Å²) in [7, 11) is 3.40. The van der Waals surface area contributed by atoms with E-state index in [0.717, 1.165) is 23.4 Å². The molecule has 35 heavy (non-hydrogen) atoms. The second kappa shape index (κ2) is 8.90. The summed E-state index contributed by atoms with van der Waals surface area (Å²) in [4.78, 5) is 30.7. The lowest BCUT2D eigenvalue weighted by atomic mass is 9.74. The van der Waals surface area contributed by atoms with E-state index in [-0.39, 0.29) is 29.5 Å². The van der Waals surface area contributed by atoms with Crippen LogP contribution in [0.5, 0.6) is 0 Å². The van der Waals surface area contributed by atoms with Crippen molar-refractivity contribution in [2.45, 2.75) is 52.3 Å². The first-order valence-electron chi connectivity index (χ1n) is 11.8. The molecule has 2 saturated heterocycles. The number of carbonyl (C=O) groups is 2. The molecule has 0 radical (unpaired) electrons. The molecule has 0 saturated carbocycles. The number of carbonyl (C=O) groups excluding carboxylic acids is 2. The van der Waals surface area contributed by atoms with Crippen LogP contribution in [-0.4, -0.2) is 66.7 Å². The van der Waals surface area contributed by atoms with Crippen LogP contribution in [0.1, 0.15) is 45.0 Å². The molecule has 4 rings (SSSR count). The summed E-state index contributed by atoms with van der Waals surface area (Å²) in [5, 5.41) is 1.04. The first-order valence-corrected chi connectivity index (χ1v) is 12.5. The maximum atomic E-state index is 12.7. The molecule has 2 aliphatic rings. The SMILES string of the molecule is CC1C2N(C(=O)OC(C)(C)C)CC2(C)CN1c1ccc(-c2ccc(C(=O)N(C)C)c(Cl)c2)cc1Cl. The highest BCUT2D eigenvalue weighted by molar-refractivity contribution is 6.34. The van der Waals surface area contributed by atoms with Gasteiger partial charge in [0, 0.05) is 38.6 Å². The highest BCUT2D eigenvalue weighted by atomic mass is 35.5. The Balaban J connectivity index is 1.55. The van der Waals surface area contributed by atoms with Crippen molar-refractivity contribution in [3.8, 4) is 11.1 Å². The van der Waals surface area contributed by atoms with Crippen LogP contribution in [0.2, 0.25) is 10.0 Å². The third kappa shape index (κ3) is 4.70. The molecule has 0 bridgehead atoms. The third-order valence-electron chi connectivity index (χ3n) is 6.89. The highest BCUT2D eigenvalue weighted by Crippen LogP contribution is 2.50. The van der Waals surface area contributed by atoms with Crippen LogP contribution in [-0.2, 0) is 4.74 Å². The Morgan fingerprint density at radius 3 is 2.17 bits per heavy atom. The number of rotatable bonds is 3. The standard InChI is InChI=1S/C27H33Cl2N3O3/c1-16-23-27(5,15-32(23)25(34)35-26(2,3)4)14-31(16)22-11-9-18(13-21(22)29)17-8-10-19(20(28)12-17)24(33)30(6)7/h8-13,16,23H,14-15H2,1-7H3. The van der Waals surface area contributed by atoms with Crippen molar-refractivity contribution in [3.63, 3.8) is 0 Å². The van der Waals surface area contributed by atoms with Gasteiger partial charge in [-0.2, -0.15) is 0 Å². The lowest BCUT2D eigenvalue weighted by Gasteiger charge is -2.52. The van der Waals surface area contributed by atoms with Crippen LogP contribution in [0.25, 0.3) is 11.1 Å². The number of benzene rings is 2. The molecule has 0 N–H and O–H groups in total. The quantitative estimate of drug-likeness (QED) is 0.486. The van der Waals surface area contributed by atoms with Crippen LogP contribution < -0.4 is 4.90 Å². The summed E-state index contributed by atoms with van der Waals surface area (Å²) in [5.74, 6) is -0.137. The molecule has 3 unspecified atom stereocenters. The maximum Gasteiger partial charge on any atom is 0.410 e. The Kier molecular flexibility index (Phi) is 6.52. The van der Waals surface area contributed by atoms with Gasteiger partial charge in [0.25, 0.3) is 5.91 Å². The van der Waals surface area contributed by atoms with E-state index in [2.05, 4.69) is 18.7 Å². The lowest BCUT2D eigenvalue weighted by Crippen LogP contribution is -2.66. The average molecular weight is 518 g/mol. The Morgan fingerprint density at radius 1 is 1.03 bits per heavy atom. The molecule has 2 aromatic rings. The predicted octanol–water partition coefficient (Wildman–Crippen LogP) is 6.20. The van der Waals surface area contributed by atoms with Gasteiger partial charge in [-0.25, -0.2) is 4.79 Å². The van der Waals surface area contributed by atoms with Gasteiger partial charge in [0.1, 0.15) is 5.60 Å². The molecule has 2 heterocycles. The predicted molar refractivity (Wildman–Crippen MR) is 142 cm³/mol. The van der Waals surface area contributed by atoms with Crippen LogP contribution in [0.3, 0.4) is 0 Å². The van der Waals surface area contributed by atoms with Crippen LogP contribution in [0.4, 0.5) is 10.5 Å². The number of hydrogen-bond acceptors (Lipinski definition) is 4. The molecule has 0 aliphatic carbocycles. The van der Waals surface area contributed by atoms with Gasteiger partial charge in [0.2, 0.25) is 0 Å². The van der Waals surface area contributed by atoms with Gasteiger partial charge in [-0.05, 0) is 63.1 Å². The molecule has 2 aromatic carbocycles. The smallest absolute Gasteiger partial charge is 0.410 e. The average Bonchev–Trinajstić information content (AvgIpc) is 2.92. The van der Waals surface area contributed by atoms with Crippen molar-refractivity contribution in [1.82, 2.24) is 9.80 Å². The van der Waals surface area contributed by atoms with Gasteiger partial charge in [0.15, 0.2) is 0 Å². The van der Waals surface area contributed by atoms with Gasteiger partial charge in [-0.3, -0.25) is 4.79 Å². The van der Waals surface area contributed by atoms with E-state index in [9.17, 15) is 9.59 Å². The number of anilines is 1. The van der Waals surface area contributed by atoms with Crippen molar-refractivity contribution < 1.29 is 14.3 Å². The molecule has 6 nitrogen and oxygen atoms in total. The van der Waals surface area contributed by atoms with Crippen LogP contribution >= 0.6 is 23.2 Å². The van der Waals surface area contributed by atoms with Crippen molar-refractivity contribution in [2.75, 3.05) is 32.1 Å². The normalized spacial score (nSPS) is 23.6. The molecule has 0 spiro atoms. The van der Waals surface area contributed by atoms with E-state index in [1.54, 1.807) is 26.2 Å². The van der Waals surface area contributed by atoms with Crippen LogP contribution in [0, 0.1) is 5.41 Å². The second-order valence-electron chi connectivity index (χ2n) is 11.1. The second-order valence-corrected chi connectivity index (χ2v) is 12.0. The summed E-state index contributed by atoms with van der Waals surface area (Å²) in [6, 6.07) is 11.5. The van der Waals surface area contributed by atoms with E-state index < -0.39 is 5.60 Å². The van der Waals surface area contributed by atoms with Crippen molar-refractivity contribution in [3.05, 3.63) is 52.0 Å². The van der Waals surface area contributed by atoms with Gasteiger partial charge in [-0.1, -0.05) is 42.3 Å². The van der Waals surface area contributed by atoms with Gasteiger partial charge >= 0.3 is 6.09 Å². The number of ether oxygens (including phenoxy) is 1. The first kappa shape index (κ1) is 25.6. The number of amides is 2. The minimum absolute atomic E-state index is 0.0132. The number of halogens is 2. The van der Waals surface area contributed by atoms with Crippen molar-refractivity contribution in [1.29, 1.82) is 0 Å². The molecule has 3 atom stereocenters. The van der Waals surface area contributed by atoms with E-state index in [4.69, 9.17) is 27.9 Å². The zero-order chi connectivity index (χ0) is 25.9. The molecular weight excluding hydrogens is 485 g/mol. The number of hydrogen-bond donors (Lipinski definition) is 0. The van der Waals surface area contributed by atoms with E-state index in [1.807, 2.05) is 49.9 Å². The summed E-state index contributed by atoms with van der Waals surface area (Å²) in [6.07, 6.45) is -0.261. The summed E-state index contributed by atoms with van der Waals surface area (Å²) < 4.78 is 5.63. The summed E-state index contributed by atoms with van der Waals surface area (Å²) >= 11 is 13.2. The topological polar surface area (TPSA) is 53.1 Å². The molecule has 0 aromatic heterocycles. The number of fused-ring (bicyclic) bond motifs is 1. The third-order valence-corrected chi connectivity index (χ3v) is 7.50. The molecule has 2 aliphatic heterocycles. The van der Waals surface area contributed by atoms with Gasteiger partial charge in [-0.15, -0.1) is 0 Å². The number of nitrogens with zero attached hydrogens (tertiary/aromatic N) is 3. The van der Waals surface area contributed by atoms with E-state index in [0.29, 0.717) is 22.2 Å². The Morgan fingerprint density at radius 2 is 1.63 bits per heavy atom. The lowest BCUT2D eigenvalue weighted by molar-refractivity contribution is -0.0556. The summed E-state index contributed by atoms with van der Waals surface area (Å²) in [6.45, 7) is 11.5. The minimum atomic E-state index is -0.523. The molecule has 8 heteroatoms. The molecule has 2 amide bonds. The van der Waals surface area contributed by atoms with E-state index in [1.165, 1.54) is 4.90 Å². The number of likely N-dealkylation sites (tertiary alicyclic amines) is 1. The zero-order valence-corrected chi connectivity index (χ0v) is 22.9. The van der Waals surface area contributed by atoms with Crippen molar-refractivity contribution in [2.24, 2.45) is 5.41 Å². The fourth-order valence-corrected chi connectivity index (χ4v) is 5.92. The van der Waals surface area contributed by atoms with Gasteiger partial charge < -0.3 is 19.4 Å². The molecule has 188 valence electrons. The minimum Gasteiger partial charge on any atom is -0.444 e. The maximum absolute atomic E-state index is 12.7. The zero-order valence-electron chi connectivity index (χ0n) is 21.4. The Labute approximate surface area is 217 Å². The monoisotopic (exact) mass is 517 g/mol. The fraction of sp³-hybridized carbons (Fsp3) is 0.481. The van der Waals surface area contributed by atoms with Crippen molar-refractivity contribution >= 4 is 40.9 Å². The van der Waals surface area contributed by atoms with Gasteiger partial charge in [0.05, 0.1) is 27.3 Å². The van der Waals surface area contributed by atoms with E-state index >= 15 is 0 Å². The Bertz CT molecular complexity index is 1180. The first-order chi connectivity index (χ1) is 16.2. The Hall–Kier alpha value is -2.44. The summed E-state index contributed by atoms with van der Waals surface area (Å²) in [5.41, 5.74) is 2.67. The fourth-order valence-electron chi connectivity index (χ4n) is 5.37. The molecular formula is C27H33Cl2N3O3.